The number of hydrogen-bond acceptors (Lipinski definition) is 6. The topological polar surface area (TPSA) is 102 Å². The van der Waals surface area contributed by atoms with Gasteiger partial charge in [-0.15, -0.1) is 11.3 Å². The van der Waals surface area contributed by atoms with Gasteiger partial charge in [-0.3, -0.25) is 24.4 Å². The summed E-state index contributed by atoms with van der Waals surface area (Å²) in [5, 5.41) is 1.02. The normalized spacial score (nSPS) is 13.5. The third-order valence-electron chi connectivity index (χ3n) is 5.30. The van der Waals surface area contributed by atoms with E-state index in [9.17, 15) is 14.4 Å². The van der Waals surface area contributed by atoms with Gasteiger partial charge < -0.3 is 4.98 Å². The molecule has 1 aromatic carbocycles. The Balaban J connectivity index is 1.48. The Kier molecular flexibility index (Phi) is 4.59. The van der Waals surface area contributed by atoms with Gasteiger partial charge in [0.15, 0.2) is 4.77 Å². The molecular formula is C20H17N5O3S2. The number of amides is 1. The number of nitrogens with one attached hydrogen (secondary N) is 2. The van der Waals surface area contributed by atoms with Gasteiger partial charge in [-0.2, -0.15) is 4.68 Å². The summed E-state index contributed by atoms with van der Waals surface area (Å²) in [5.41, 5.74) is 3.49. The van der Waals surface area contributed by atoms with Crippen molar-refractivity contribution in [3.05, 3.63) is 66.5 Å². The Morgan fingerprint density at radius 2 is 2.00 bits per heavy atom. The zero-order valence-corrected chi connectivity index (χ0v) is 17.4. The maximum absolute atomic E-state index is 13.0. The van der Waals surface area contributed by atoms with Crippen molar-refractivity contribution in [3.8, 4) is 0 Å². The smallest absolute Gasteiger partial charge is 0.281 e. The number of benzene rings is 1. The molecule has 0 atom stereocenters. The Bertz CT molecular complexity index is 1490. The Morgan fingerprint density at radius 1 is 1.20 bits per heavy atom. The number of fused-ring (bicyclic) bond motifs is 4. The molecule has 30 heavy (non-hydrogen) atoms. The van der Waals surface area contributed by atoms with Gasteiger partial charge in [-0.1, -0.05) is 12.1 Å². The molecule has 0 bridgehead atoms. The van der Waals surface area contributed by atoms with E-state index < -0.39 is 11.5 Å². The van der Waals surface area contributed by atoms with Crippen molar-refractivity contribution in [2.24, 2.45) is 0 Å². The second-order valence-corrected chi connectivity index (χ2v) is 8.69. The number of hydrogen-bond donors (Lipinski definition) is 2. The summed E-state index contributed by atoms with van der Waals surface area (Å²) in [5.74, 6) is -0.542. The fourth-order valence-electron chi connectivity index (χ4n) is 3.87. The number of carbonyl (C=O) groups is 1. The fourth-order valence-corrected chi connectivity index (χ4v) is 5.33. The lowest BCUT2D eigenvalue weighted by atomic mass is 9.97. The average molecular weight is 440 g/mol. The molecule has 3 aromatic heterocycles. The van der Waals surface area contributed by atoms with Gasteiger partial charge in [0.2, 0.25) is 0 Å². The minimum Gasteiger partial charge on any atom is -0.330 e. The lowest BCUT2D eigenvalue weighted by Crippen LogP contribution is -2.37. The second-order valence-electron chi connectivity index (χ2n) is 7.22. The van der Waals surface area contributed by atoms with E-state index >= 15 is 0 Å². The van der Waals surface area contributed by atoms with Crippen LogP contribution >= 0.6 is 23.6 Å². The molecule has 10 heteroatoms. The van der Waals surface area contributed by atoms with Gasteiger partial charge in [-0.25, -0.2) is 4.98 Å². The van der Waals surface area contributed by atoms with Crippen molar-refractivity contribution in [3.63, 3.8) is 0 Å². The van der Waals surface area contributed by atoms with Crippen LogP contribution in [0.25, 0.3) is 21.1 Å². The Labute approximate surface area is 178 Å². The zero-order chi connectivity index (χ0) is 20.8. The second kappa shape index (κ2) is 7.29. The number of H-pyrrole nitrogens is 1. The summed E-state index contributed by atoms with van der Waals surface area (Å²) in [6, 6.07) is 6.90. The molecule has 4 aromatic rings. The van der Waals surface area contributed by atoms with Crippen LogP contribution in [0.3, 0.4) is 0 Å². The van der Waals surface area contributed by atoms with Gasteiger partial charge in [0.05, 0.1) is 22.6 Å². The standard InChI is InChI=1S/C20H17N5O3S2/c26-15(23-25-18(27)11-5-1-3-7-13(11)22-20(25)29)9-24-10-21-17-16(19(24)28)12-6-2-4-8-14(12)30-17/h1,3,5,7,10H,2,4,6,8-9H2,(H,22,29)(H,23,26). The Morgan fingerprint density at radius 3 is 2.87 bits per heavy atom. The molecule has 152 valence electrons. The van der Waals surface area contributed by atoms with Crippen LogP contribution in [-0.2, 0) is 24.2 Å². The summed E-state index contributed by atoms with van der Waals surface area (Å²) in [6.07, 6.45) is 5.40. The number of aryl methyl sites for hydroxylation is 2. The molecule has 3 heterocycles. The van der Waals surface area contributed by atoms with Crippen LogP contribution in [0.15, 0.2) is 40.2 Å². The van der Waals surface area contributed by atoms with Crippen molar-refractivity contribution >= 4 is 50.6 Å². The molecule has 0 unspecified atom stereocenters. The van der Waals surface area contributed by atoms with E-state index in [4.69, 9.17) is 12.2 Å². The van der Waals surface area contributed by atoms with Crippen LogP contribution in [0.1, 0.15) is 23.3 Å². The SMILES string of the molecule is O=C(Cn1cnc2sc3c(c2c1=O)CCCC3)Nn1c(=S)[nH]c2ccccc2c1=O. The van der Waals surface area contributed by atoms with Gasteiger partial charge in [0, 0.05) is 4.88 Å². The number of rotatable bonds is 3. The third-order valence-corrected chi connectivity index (χ3v) is 6.78. The molecule has 2 N–H and O–H groups in total. The molecule has 0 spiro atoms. The molecule has 0 saturated heterocycles. The van der Waals surface area contributed by atoms with Crippen molar-refractivity contribution in [1.82, 2.24) is 19.2 Å². The van der Waals surface area contributed by atoms with Gasteiger partial charge in [0.1, 0.15) is 11.4 Å². The number of thiophene rings is 1. The first kappa shape index (κ1) is 18.9. The fraction of sp³-hybridized carbons (Fsp3) is 0.250. The van der Waals surface area contributed by atoms with E-state index in [1.165, 1.54) is 15.8 Å². The molecular weight excluding hydrogens is 422 g/mol. The van der Waals surface area contributed by atoms with Gasteiger partial charge in [0.25, 0.3) is 17.0 Å². The van der Waals surface area contributed by atoms with E-state index in [0.29, 0.717) is 16.3 Å². The van der Waals surface area contributed by atoms with Crippen molar-refractivity contribution in [1.29, 1.82) is 0 Å². The highest BCUT2D eigenvalue weighted by Gasteiger charge is 2.20. The van der Waals surface area contributed by atoms with Crippen LogP contribution in [-0.4, -0.2) is 25.1 Å². The molecule has 0 fully saturated rings. The first-order valence-corrected chi connectivity index (χ1v) is 10.8. The number of nitrogens with zero attached hydrogens (tertiary/aromatic N) is 3. The maximum atomic E-state index is 13.0. The lowest BCUT2D eigenvalue weighted by Gasteiger charge is -2.11. The summed E-state index contributed by atoms with van der Waals surface area (Å²) < 4.78 is 2.33. The van der Waals surface area contributed by atoms with E-state index in [1.54, 1.807) is 35.6 Å². The first-order chi connectivity index (χ1) is 14.5. The molecule has 5 rings (SSSR count). The van der Waals surface area contributed by atoms with Crippen LogP contribution < -0.4 is 16.5 Å². The Hall–Kier alpha value is -3.11. The van der Waals surface area contributed by atoms with Crippen LogP contribution in [0.4, 0.5) is 0 Å². The van der Waals surface area contributed by atoms with Gasteiger partial charge >= 0.3 is 0 Å². The molecule has 0 radical (unpaired) electrons. The largest absolute Gasteiger partial charge is 0.330 e. The van der Waals surface area contributed by atoms with E-state index in [1.807, 2.05) is 0 Å². The molecule has 1 aliphatic carbocycles. The summed E-state index contributed by atoms with van der Waals surface area (Å²) >= 11 is 6.77. The third kappa shape index (κ3) is 3.08. The number of carbonyl (C=O) groups excluding carboxylic acids is 1. The van der Waals surface area contributed by atoms with E-state index in [2.05, 4.69) is 15.4 Å². The van der Waals surface area contributed by atoms with Crippen molar-refractivity contribution < 1.29 is 4.79 Å². The zero-order valence-electron chi connectivity index (χ0n) is 15.8. The predicted octanol–water partition coefficient (Wildman–Crippen LogP) is 2.48. The van der Waals surface area contributed by atoms with E-state index in [-0.39, 0.29) is 16.9 Å². The predicted molar refractivity (Wildman–Crippen MR) is 118 cm³/mol. The maximum Gasteiger partial charge on any atom is 0.281 e. The number of aromatic nitrogens is 4. The summed E-state index contributed by atoms with van der Waals surface area (Å²) in [6.45, 7) is -0.263. The number of para-hydroxylation sites is 1. The quantitative estimate of drug-likeness (QED) is 0.478. The molecule has 0 saturated carbocycles. The minimum atomic E-state index is -0.542. The summed E-state index contributed by atoms with van der Waals surface area (Å²) in [4.78, 5) is 47.6. The molecule has 1 amide bonds. The van der Waals surface area contributed by atoms with Crippen LogP contribution in [0.2, 0.25) is 0 Å². The van der Waals surface area contributed by atoms with Crippen LogP contribution in [0, 0.1) is 4.77 Å². The highest BCUT2D eigenvalue weighted by atomic mass is 32.1. The molecule has 1 aliphatic rings. The number of aromatic amines is 1. The van der Waals surface area contributed by atoms with Crippen LogP contribution in [0.5, 0.6) is 0 Å². The highest BCUT2D eigenvalue weighted by molar-refractivity contribution is 7.71. The molecule has 8 nitrogen and oxygen atoms in total. The monoisotopic (exact) mass is 439 g/mol. The first-order valence-electron chi connectivity index (χ1n) is 9.56. The highest BCUT2D eigenvalue weighted by Crippen LogP contribution is 2.33. The molecule has 0 aliphatic heterocycles. The lowest BCUT2D eigenvalue weighted by molar-refractivity contribution is -0.117. The van der Waals surface area contributed by atoms with Crippen molar-refractivity contribution in [2.75, 3.05) is 5.43 Å². The van der Waals surface area contributed by atoms with Crippen molar-refractivity contribution in [2.45, 2.75) is 32.2 Å². The van der Waals surface area contributed by atoms with E-state index in [0.717, 1.165) is 40.8 Å². The average Bonchev–Trinajstić information content (AvgIpc) is 3.12. The summed E-state index contributed by atoms with van der Waals surface area (Å²) in [7, 11) is 0. The van der Waals surface area contributed by atoms with Gasteiger partial charge in [-0.05, 0) is 55.6 Å². The minimum absolute atomic E-state index is 0.0693.